The number of hydrogen-bond donors (Lipinski definition) is 3. The summed E-state index contributed by atoms with van der Waals surface area (Å²) >= 11 is 6.00. The molecular weight excluding hydrogens is 360 g/mol. The van der Waals surface area contributed by atoms with Gasteiger partial charge in [-0.3, -0.25) is 0 Å². The fourth-order valence-corrected chi connectivity index (χ4v) is 3.22. The quantitative estimate of drug-likeness (QED) is 0.452. The minimum absolute atomic E-state index is 0.492. The van der Waals surface area contributed by atoms with Crippen LogP contribution >= 0.6 is 11.6 Å². The first-order chi connectivity index (χ1) is 13.2. The zero-order valence-corrected chi connectivity index (χ0v) is 15.6. The van der Waals surface area contributed by atoms with Crippen molar-refractivity contribution < 1.29 is 0 Å². The van der Waals surface area contributed by atoms with E-state index in [0.717, 1.165) is 23.2 Å². The highest BCUT2D eigenvalue weighted by molar-refractivity contribution is 6.30. The standard InChI is InChI=1S/C20H19ClN6/c1-13-10-15(21)6-7-17(13)25-19-12-24-27-20(26-19)22-9-8-14-11-23-18-5-3-2-4-16(14)18/h2-7,10-12,23H,8-9H2,1H3,(H2,22,25,26,27). The Hall–Kier alpha value is -3.12. The summed E-state index contributed by atoms with van der Waals surface area (Å²) in [6.45, 7) is 2.70. The maximum absolute atomic E-state index is 6.00. The third-order valence-corrected chi connectivity index (χ3v) is 4.60. The van der Waals surface area contributed by atoms with Gasteiger partial charge in [0.1, 0.15) is 0 Å². The number of nitrogens with one attached hydrogen (secondary N) is 3. The highest BCUT2D eigenvalue weighted by Gasteiger charge is 2.05. The van der Waals surface area contributed by atoms with Crippen LogP contribution in [0.15, 0.2) is 54.9 Å². The van der Waals surface area contributed by atoms with Gasteiger partial charge in [-0.25, -0.2) is 0 Å². The number of aromatic nitrogens is 4. The van der Waals surface area contributed by atoms with Crippen LogP contribution in [0.2, 0.25) is 5.02 Å². The van der Waals surface area contributed by atoms with E-state index in [4.69, 9.17) is 11.6 Å². The smallest absolute Gasteiger partial charge is 0.244 e. The molecule has 6 nitrogen and oxygen atoms in total. The second-order valence-corrected chi connectivity index (χ2v) is 6.72. The lowest BCUT2D eigenvalue weighted by Crippen LogP contribution is -2.09. The molecule has 0 aliphatic carbocycles. The third kappa shape index (κ3) is 4.01. The molecule has 0 saturated carbocycles. The molecule has 4 rings (SSSR count). The van der Waals surface area contributed by atoms with E-state index in [1.54, 1.807) is 6.20 Å². The van der Waals surface area contributed by atoms with Crippen LogP contribution in [0.3, 0.4) is 0 Å². The minimum Gasteiger partial charge on any atom is -0.361 e. The fourth-order valence-electron chi connectivity index (χ4n) is 2.99. The highest BCUT2D eigenvalue weighted by atomic mass is 35.5. The number of anilines is 3. The number of halogens is 1. The normalized spacial score (nSPS) is 10.9. The number of para-hydroxylation sites is 1. The summed E-state index contributed by atoms with van der Waals surface area (Å²) in [5.74, 6) is 1.12. The zero-order valence-electron chi connectivity index (χ0n) is 14.8. The van der Waals surface area contributed by atoms with Crippen molar-refractivity contribution in [3.63, 3.8) is 0 Å². The molecule has 7 heteroatoms. The molecule has 27 heavy (non-hydrogen) atoms. The maximum Gasteiger partial charge on any atom is 0.244 e. The van der Waals surface area contributed by atoms with Crippen molar-refractivity contribution in [3.8, 4) is 0 Å². The number of rotatable bonds is 6. The van der Waals surface area contributed by atoms with Crippen molar-refractivity contribution in [2.75, 3.05) is 17.2 Å². The van der Waals surface area contributed by atoms with E-state index in [2.05, 4.69) is 42.9 Å². The van der Waals surface area contributed by atoms with Crippen LogP contribution in [0.4, 0.5) is 17.5 Å². The van der Waals surface area contributed by atoms with Gasteiger partial charge in [-0.2, -0.15) is 10.1 Å². The van der Waals surface area contributed by atoms with Crippen LogP contribution in [-0.2, 0) is 6.42 Å². The van der Waals surface area contributed by atoms with Gasteiger partial charge in [0.05, 0.1) is 6.20 Å². The number of aromatic amines is 1. The Morgan fingerprint density at radius 1 is 1.15 bits per heavy atom. The Balaban J connectivity index is 1.40. The molecule has 2 aromatic heterocycles. The number of benzene rings is 2. The number of hydrogen-bond acceptors (Lipinski definition) is 5. The van der Waals surface area contributed by atoms with Crippen LogP contribution in [0.25, 0.3) is 10.9 Å². The van der Waals surface area contributed by atoms with Crippen molar-refractivity contribution in [1.82, 2.24) is 20.2 Å². The Labute approximate surface area is 162 Å². The molecule has 0 aliphatic rings. The molecule has 2 aromatic carbocycles. The topological polar surface area (TPSA) is 78.5 Å². The Morgan fingerprint density at radius 2 is 2.04 bits per heavy atom. The minimum atomic E-state index is 0.492. The maximum atomic E-state index is 6.00. The first-order valence-electron chi connectivity index (χ1n) is 8.71. The molecule has 2 heterocycles. The molecular formula is C20H19ClN6. The summed E-state index contributed by atoms with van der Waals surface area (Å²) in [7, 11) is 0. The monoisotopic (exact) mass is 378 g/mol. The molecule has 0 atom stereocenters. The summed E-state index contributed by atoms with van der Waals surface area (Å²) in [6, 6.07) is 13.9. The number of nitrogens with zero attached hydrogens (tertiary/aromatic N) is 3. The SMILES string of the molecule is Cc1cc(Cl)ccc1Nc1cnnc(NCCc2c[nH]c3ccccc23)n1. The van der Waals surface area contributed by atoms with Gasteiger partial charge in [0.2, 0.25) is 5.95 Å². The van der Waals surface area contributed by atoms with Crippen LogP contribution in [0, 0.1) is 6.92 Å². The summed E-state index contributed by atoms with van der Waals surface area (Å²) in [5, 5.41) is 16.5. The first kappa shape index (κ1) is 17.3. The van der Waals surface area contributed by atoms with Gasteiger partial charge < -0.3 is 15.6 Å². The van der Waals surface area contributed by atoms with Crippen molar-refractivity contribution in [1.29, 1.82) is 0 Å². The first-order valence-corrected chi connectivity index (χ1v) is 9.08. The van der Waals surface area contributed by atoms with Crippen molar-refractivity contribution in [3.05, 3.63) is 71.0 Å². The largest absolute Gasteiger partial charge is 0.361 e. The lowest BCUT2D eigenvalue weighted by atomic mass is 10.1. The highest BCUT2D eigenvalue weighted by Crippen LogP contribution is 2.22. The molecule has 0 aliphatic heterocycles. The van der Waals surface area contributed by atoms with E-state index >= 15 is 0 Å². The van der Waals surface area contributed by atoms with E-state index in [0.29, 0.717) is 23.3 Å². The lowest BCUT2D eigenvalue weighted by Gasteiger charge is -2.10. The van der Waals surface area contributed by atoms with Crippen LogP contribution in [-0.4, -0.2) is 26.7 Å². The summed E-state index contributed by atoms with van der Waals surface area (Å²) in [6.07, 6.45) is 4.51. The lowest BCUT2D eigenvalue weighted by molar-refractivity contribution is 0.931. The third-order valence-electron chi connectivity index (χ3n) is 4.36. The van der Waals surface area contributed by atoms with Gasteiger partial charge in [0.25, 0.3) is 0 Å². The fraction of sp³-hybridized carbons (Fsp3) is 0.150. The predicted octanol–water partition coefficient (Wildman–Crippen LogP) is 4.71. The second kappa shape index (κ2) is 7.63. The van der Waals surface area contributed by atoms with Gasteiger partial charge in [-0.1, -0.05) is 29.8 Å². The number of aryl methyl sites for hydroxylation is 1. The van der Waals surface area contributed by atoms with Crippen molar-refractivity contribution in [2.24, 2.45) is 0 Å². The summed E-state index contributed by atoms with van der Waals surface area (Å²) in [5.41, 5.74) is 4.38. The van der Waals surface area contributed by atoms with Gasteiger partial charge in [0, 0.05) is 34.4 Å². The summed E-state index contributed by atoms with van der Waals surface area (Å²) in [4.78, 5) is 7.77. The molecule has 4 aromatic rings. The van der Waals surface area contributed by atoms with Gasteiger partial charge >= 0.3 is 0 Å². The molecule has 0 unspecified atom stereocenters. The Bertz CT molecular complexity index is 1070. The van der Waals surface area contributed by atoms with Gasteiger partial charge in [-0.15, -0.1) is 5.10 Å². The second-order valence-electron chi connectivity index (χ2n) is 6.29. The van der Waals surface area contributed by atoms with Crippen LogP contribution in [0.1, 0.15) is 11.1 Å². The van der Waals surface area contributed by atoms with E-state index < -0.39 is 0 Å². The Kier molecular flexibility index (Phi) is 4.89. The van der Waals surface area contributed by atoms with E-state index in [-0.39, 0.29) is 0 Å². The van der Waals surface area contributed by atoms with E-state index in [1.165, 1.54) is 10.9 Å². The number of fused-ring (bicyclic) bond motifs is 1. The van der Waals surface area contributed by atoms with Gasteiger partial charge in [0.15, 0.2) is 5.82 Å². The molecule has 0 saturated heterocycles. The summed E-state index contributed by atoms with van der Waals surface area (Å²) < 4.78 is 0. The van der Waals surface area contributed by atoms with Crippen molar-refractivity contribution >= 4 is 40.0 Å². The zero-order chi connectivity index (χ0) is 18.6. The van der Waals surface area contributed by atoms with Crippen LogP contribution in [0.5, 0.6) is 0 Å². The van der Waals surface area contributed by atoms with Gasteiger partial charge in [-0.05, 0) is 48.7 Å². The average Bonchev–Trinajstić information content (AvgIpc) is 3.08. The molecule has 136 valence electrons. The molecule has 0 spiro atoms. The van der Waals surface area contributed by atoms with Crippen LogP contribution < -0.4 is 10.6 Å². The van der Waals surface area contributed by atoms with Crippen molar-refractivity contribution in [2.45, 2.75) is 13.3 Å². The van der Waals surface area contributed by atoms with E-state index in [9.17, 15) is 0 Å². The molecule has 3 N–H and O–H groups in total. The molecule has 0 amide bonds. The molecule has 0 fully saturated rings. The molecule has 0 bridgehead atoms. The Morgan fingerprint density at radius 3 is 2.93 bits per heavy atom. The molecule has 0 radical (unpaired) electrons. The predicted molar refractivity (Wildman–Crippen MR) is 110 cm³/mol. The average molecular weight is 379 g/mol. The van der Waals surface area contributed by atoms with E-state index in [1.807, 2.05) is 43.5 Å². The number of H-pyrrole nitrogens is 1.